The summed E-state index contributed by atoms with van der Waals surface area (Å²) < 4.78 is 0. The van der Waals surface area contributed by atoms with Gasteiger partial charge < -0.3 is 10.4 Å². The summed E-state index contributed by atoms with van der Waals surface area (Å²) in [5.41, 5.74) is 1.80. The van der Waals surface area contributed by atoms with Gasteiger partial charge in [0, 0.05) is 11.8 Å². The number of nitrogens with one attached hydrogen (secondary N) is 1. The second-order valence-corrected chi connectivity index (χ2v) is 8.75. The van der Waals surface area contributed by atoms with Crippen LogP contribution in [0.4, 0.5) is 0 Å². The lowest BCUT2D eigenvalue weighted by molar-refractivity contribution is -0.151. The van der Waals surface area contributed by atoms with E-state index in [0.29, 0.717) is 24.2 Å². The summed E-state index contributed by atoms with van der Waals surface area (Å²) in [6.45, 7) is 2.01. The van der Waals surface area contributed by atoms with Crippen molar-refractivity contribution in [3.05, 3.63) is 35.4 Å². The molecule has 0 saturated heterocycles. The van der Waals surface area contributed by atoms with E-state index in [1.807, 2.05) is 31.2 Å². The average molecular weight is 341 g/mol. The molecule has 4 nitrogen and oxygen atoms in total. The van der Waals surface area contributed by atoms with Gasteiger partial charge in [-0.15, -0.1) is 0 Å². The highest BCUT2D eigenvalue weighted by Crippen LogP contribution is 2.60. The zero-order valence-electron chi connectivity index (χ0n) is 14.8. The van der Waals surface area contributed by atoms with Crippen molar-refractivity contribution in [2.45, 2.75) is 57.9 Å². The van der Waals surface area contributed by atoms with Crippen LogP contribution in [0.5, 0.6) is 0 Å². The predicted molar refractivity (Wildman–Crippen MR) is 95.1 cm³/mol. The molecule has 1 aromatic rings. The highest BCUT2D eigenvalue weighted by Gasteiger charge is 2.54. The maximum absolute atomic E-state index is 13.1. The number of carbonyl (C=O) groups is 2. The molecule has 5 rings (SSSR count). The van der Waals surface area contributed by atoms with E-state index < -0.39 is 12.0 Å². The predicted octanol–water partition coefficient (Wildman–Crippen LogP) is 3.32. The van der Waals surface area contributed by atoms with Crippen molar-refractivity contribution in [3.63, 3.8) is 0 Å². The largest absolute Gasteiger partial charge is 0.480 e. The van der Waals surface area contributed by atoms with Gasteiger partial charge in [0.15, 0.2) is 0 Å². The van der Waals surface area contributed by atoms with Gasteiger partial charge >= 0.3 is 5.97 Å². The van der Waals surface area contributed by atoms with Crippen molar-refractivity contribution >= 4 is 11.9 Å². The number of carboxylic acid groups (broad SMARTS) is 1. The maximum atomic E-state index is 13.1. The van der Waals surface area contributed by atoms with E-state index in [4.69, 9.17) is 0 Å². The van der Waals surface area contributed by atoms with Gasteiger partial charge in [0.05, 0.1) is 0 Å². The Morgan fingerprint density at radius 1 is 1.08 bits per heavy atom. The van der Waals surface area contributed by atoms with E-state index in [-0.39, 0.29) is 11.3 Å². The molecule has 1 aromatic carbocycles. The Morgan fingerprint density at radius 3 is 2.08 bits per heavy atom. The fraction of sp³-hybridized carbons (Fsp3) is 0.619. The molecule has 4 aliphatic carbocycles. The Kier molecular flexibility index (Phi) is 4.09. The molecule has 1 atom stereocenters. The highest BCUT2D eigenvalue weighted by atomic mass is 16.4. The number of amides is 1. The molecule has 4 bridgehead atoms. The Labute approximate surface area is 149 Å². The van der Waals surface area contributed by atoms with Gasteiger partial charge in [-0.05, 0) is 68.8 Å². The molecule has 25 heavy (non-hydrogen) atoms. The zero-order valence-corrected chi connectivity index (χ0v) is 14.8. The molecule has 0 aromatic heterocycles. The number of rotatable bonds is 5. The number of hydrogen-bond donors (Lipinski definition) is 2. The molecule has 0 heterocycles. The Hall–Kier alpha value is -1.84. The molecule has 0 radical (unpaired) electrons. The third kappa shape index (κ3) is 3.19. The number of hydrogen-bond acceptors (Lipinski definition) is 2. The summed E-state index contributed by atoms with van der Waals surface area (Å²) in [5.74, 6) is 1.08. The maximum Gasteiger partial charge on any atom is 0.326 e. The SMILES string of the molecule is Cc1ccc(C[C@H](NC(=O)C23CC4CC(CC(C4)C2)C3)C(=O)O)cc1. The molecule has 2 N–H and O–H groups in total. The van der Waals surface area contributed by atoms with E-state index >= 15 is 0 Å². The van der Waals surface area contributed by atoms with Crippen molar-refractivity contribution in [2.24, 2.45) is 23.2 Å². The zero-order chi connectivity index (χ0) is 17.6. The molecule has 134 valence electrons. The number of aliphatic carboxylic acids is 1. The lowest BCUT2D eigenvalue weighted by atomic mass is 9.49. The van der Waals surface area contributed by atoms with Crippen molar-refractivity contribution < 1.29 is 14.7 Å². The summed E-state index contributed by atoms with van der Waals surface area (Å²) in [6.07, 6.45) is 7.05. The van der Waals surface area contributed by atoms with Crippen LogP contribution in [0.2, 0.25) is 0 Å². The monoisotopic (exact) mass is 341 g/mol. The van der Waals surface area contributed by atoms with Gasteiger partial charge in [0.25, 0.3) is 0 Å². The number of carbonyl (C=O) groups excluding carboxylic acids is 1. The van der Waals surface area contributed by atoms with Gasteiger partial charge in [-0.3, -0.25) is 4.79 Å². The minimum Gasteiger partial charge on any atom is -0.480 e. The van der Waals surface area contributed by atoms with Gasteiger partial charge in [0.2, 0.25) is 5.91 Å². The second-order valence-electron chi connectivity index (χ2n) is 8.75. The summed E-state index contributed by atoms with van der Waals surface area (Å²) in [7, 11) is 0. The first-order valence-electron chi connectivity index (χ1n) is 9.53. The molecular formula is C21H27NO3. The van der Waals surface area contributed by atoms with Crippen LogP contribution in [0.3, 0.4) is 0 Å². The van der Waals surface area contributed by atoms with Crippen LogP contribution in [-0.2, 0) is 16.0 Å². The van der Waals surface area contributed by atoms with Crippen molar-refractivity contribution in [2.75, 3.05) is 0 Å². The molecule has 0 spiro atoms. The first-order chi connectivity index (χ1) is 11.9. The molecule has 4 fully saturated rings. The quantitative estimate of drug-likeness (QED) is 0.863. The van der Waals surface area contributed by atoms with Crippen LogP contribution in [0.15, 0.2) is 24.3 Å². The minimum absolute atomic E-state index is 0.00823. The number of benzene rings is 1. The Morgan fingerprint density at radius 2 is 1.60 bits per heavy atom. The average Bonchev–Trinajstić information content (AvgIpc) is 2.54. The van der Waals surface area contributed by atoms with E-state index in [0.717, 1.165) is 30.4 Å². The minimum atomic E-state index is -0.946. The normalized spacial score (nSPS) is 33.9. The lowest BCUT2D eigenvalue weighted by Crippen LogP contribution is -2.56. The molecule has 4 saturated carbocycles. The molecule has 1 amide bonds. The number of carboxylic acids is 1. The Bertz CT molecular complexity index is 644. The van der Waals surface area contributed by atoms with Crippen molar-refractivity contribution in [3.8, 4) is 0 Å². The van der Waals surface area contributed by atoms with Crippen molar-refractivity contribution in [1.82, 2.24) is 5.32 Å². The first-order valence-corrected chi connectivity index (χ1v) is 9.53. The fourth-order valence-electron chi connectivity index (χ4n) is 5.86. The van der Waals surface area contributed by atoms with Crippen LogP contribution in [0.25, 0.3) is 0 Å². The second kappa shape index (κ2) is 6.15. The molecule has 4 heteroatoms. The van der Waals surface area contributed by atoms with Gasteiger partial charge in [-0.2, -0.15) is 0 Å². The summed E-state index contributed by atoms with van der Waals surface area (Å²) in [5, 5.41) is 12.5. The topological polar surface area (TPSA) is 66.4 Å². The fourth-order valence-corrected chi connectivity index (χ4v) is 5.86. The summed E-state index contributed by atoms with van der Waals surface area (Å²) in [4.78, 5) is 24.8. The van der Waals surface area contributed by atoms with Crippen LogP contribution in [0, 0.1) is 30.1 Å². The van der Waals surface area contributed by atoms with Crippen LogP contribution < -0.4 is 5.32 Å². The lowest BCUT2D eigenvalue weighted by Gasteiger charge is -2.55. The molecule has 0 aliphatic heterocycles. The third-order valence-electron chi connectivity index (χ3n) is 6.68. The van der Waals surface area contributed by atoms with Gasteiger partial charge in [-0.25, -0.2) is 4.79 Å². The van der Waals surface area contributed by atoms with E-state index in [1.165, 1.54) is 19.3 Å². The Balaban J connectivity index is 1.47. The van der Waals surface area contributed by atoms with E-state index in [2.05, 4.69) is 5.32 Å². The standard InChI is InChI=1S/C21H27NO3/c1-13-2-4-14(5-3-13)9-18(19(23)24)22-20(25)21-10-15-6-16(11-21)8-17(7-15)12-21/h2-5,15-18H,6-12H2,1H3,(H,22,25)(H,23,24)/t15?,16?,17?,18-,21?/m0/s1. The molecule has 4 aliphatic rings. The van der Waals surface area contributed by atoms with Gasteiger partial charge in [0.1, 0.15) is 6.04 Å². The van der Waals surface area contributed by atoms with E-state index in [1.54, 1.807) is 0 Å². The van der Waals surface area contributed by atoms with E-state index in [9.17, 15) is 14.7 Å². The smallest absolute Gasteiger partial charge is 0.326 e. The summed E-state index contributed by atoms with van der Waals surface area (Å²) in [6, 6.07) is 7.01. The van der Waals surface area contributed by atoms with Crippen LogP contribution in [0.1, 0.15) is 49.7 Å². The third-order valence-corrected chi connectivity index (χ3v) is 6.68. The molecule has 0 unspecified atom stereocenters. The van der Waals surface area contributed by atoms with Crippen LogP contribution >= 0.6 is 0 Å². The first kappa shape index (κ1) is 16.6. The molecular weight excluding hydrogens is 314 g/mol. The van der Waals surface area contributed by atoms with Crippen molar-refractivity contribution in [1.29, 1.82) is 0 Å². The van der Waals surface area contributed by atoms with Crippen LogP contribution in [-0.4, -0.2) is 23.0 Å². The van der Waals surface area contributed by atoms with Gasteiger partial charge in [-0.1, -0.05) is 29.8 Å². The number of aryl methyl sites for hydroxylation is 1. The summed E-state index contributed by atoms with van der Waals surface area (Å²) >= 11 is 0. The highest BCUT2D eigenvalue weighted by molar-refractivity contribution is 5.88.